The molecule has 0 spiro atoms. The summed E-state index contributed by atoms with van der Waals surface area (Å²) in [6, 6.07) is -2.94. The number of aliphatic hydroxyl groups excluding tert-OH is 6. The van der Waals surface area contributed by atoms with Crippen LogP contribution in [0.25, 0.3) is 5.73 Å². The molecule has 0 aromatic rings. The van der Waals surface area contributed by atoms with E-state index in [1.54, 1.807) is 0 Å². The third kappa shape index (κ3) is 8.88. The maximum Gasteiger partial charge on any atom is 2.00 e. The molecule has 19 nitrogen and oxygen atoms in total. The van der Waals surface area contributed by atoms with Gasteiger partial charge >= 0.3 is 17.1 Å². The Morgan fingerprint density at radius 2 is 1.21 bits per heavy atom. The number of ether oxygens (including phenoxy) is 5. The Morgan fingerprint density at radius 1 is 0.744 bits per heavy atom. The smallest absolute Gasteiger partial charge is 0.670 e. The van der Waals surface area contributed by atoms with E-state index >= 15 is 0 Å². The minimum Gasteiger partial charge on any atom is -0.670 e. The number of nitrogens with one attached hydrogen (secondary N) is 1. The summed E-state index contributed by atoms with van der Waals surface area (Å²) < 4.78 is 27.3. The molecular weight excluding hydrogens is 588 g/mol. The van der Waals surface area contributed by atoms with Crippen molar-refractivity contribution in [3.05, 3.63) is 12.8 Å². The third-order valence-corrected chi connectivity index (χ3v) is 6.59. The molecule has 2 heterocycles. The van der Waals surface area contributed by atoms with E-state index < -0.39 is 98.4 Å². The molecule has 3 fully saturated rings. The summed E-state index contributed by atoms with van der Waals surface area (Å²) in [6.45, 7) is -0.707. The summed E-state index contributed by atoms with van der Waals surface area (Å²) in [7, 11) is 3.23. The molecule has 2 aliphatic heterocycles. The van der Waals surface area contributed by atoms with E-state index in [1.165, 1.54) is 0 Å². The van der Waals surface area contributed by atoms with Gasteiger partial charge in [0.25, 0.3) is 0 Å². The van der Waals surface area contributed by atoms with Gasteiger partial charge in [0, 0.05) is 24.7 Å². The summed E-state index contributed by atoms with van der Waals surface area (Å²) >= 11 is 0. The number of rotatable bonds is 7. The quantitative estimate of drug-likeness (QED) is 0.0930. The van der Waals surface area contributed by atoms with Crippen molar-refractivity contribution in [3.63, 3.8) is 0 Å². The summed E-state index contributed by atoms with van der Waals surface area (Å²) in [5, 5.41) is 61.3. The SMILES string of the molecule is O.O.O.O.[CH2-]O[C@H]1C(CO)O[C@@H](OC2[C@H](N)CC(N)[C@H](O[C@@H]3OC(CN)[C@H](O)[C@H](O)C3O)[C@@H]2O)C(O)[C@H]1[NH-].[Cu+2]. The van der Waals surface area contributed by atoms with Crippen LogP contribution < -0.4 is 17.2 Å². The molecule has 1 aliphatic carbocycles. The minimum absolute atomic E-state index is 0. The van der Waals surface area contributed by atoms with E-state index in [2.05, 4.69) is 7.11 Å². The zero-order chi connectivity index (χ0) is 25.3. The van der Waals surface area contributed by atoms with Gasteiger partial charge in [-0.05, 0) is 6.42 Å². The molecule has 3 aliphatic rings. The average molecular weight is 632 g/mol. The molecule has 15 atom stereocenters. The number of hydrogen-bond donors (Lipinski definition) is 9. The Morgan fingerprint density at radius 3 is 1.64 bits per heavy atom. The topological polar surface area (TPSA) is 395 Å². The van der Waals surface area contributed by atoms with E-state index in [0.29, 0.717) is 0 Å². The number of aliphatic hydroxyl groups is 6. The van der Waals surface area contributed by atoms with Crippen molar-refractivity contribution < 1.29 is 93.3 Å². The summed E-state index contributed by atoms with van der Waals surface area (Å²) in [6.07, 6.45) is -16.1. The van der Waals surface area contributed by atoms with E-state index in [4.69, 9.17) is 46.6 Å². The molecule has 1 saturated carbocycles. The standard InChI is InChI=1S/C19H36N4O11.Cu.4H2O/c1-30-17-8(4-24)32-18(11(26)9(17)23)33-15-5(21)2-6(22)16(14(15)29)34-19-13(28)12(27)10(25)7(3-20)31-19;;;;;/h5-19,23-29H,1-4,20-22H2;;4*1H2/q-2;+2;;;;/t5-,6?,7?,8?,9-,10+,11?,12+,13?,14-,15?,16+,17+,18+,19+;;;;;/m1...../s1. The predicted octanol–water partition coefficient (Wildman–Crippen LogP) is -8.68. The van der Waals surface area contributed by atoms with Crippen LogP contribution in [0.4, 0.5) is 0 Å². The first-order valence-electron chi connectivity index (χ1n) is 11.0. The largest absolute Gasteiger partial charge is 2.00 e. The van der Waals surface area contributed by atoms with Crippen LogP contribution >= 0.6 is 0 Å². The third-order valence-electron chi connectivity index (χ3n) is 6.59. The number of nitrogens with two attached hydrogens (primary N) is 3. The maximum absolute atomic E-state index is 11.0. The van der Waals surface area contributed by atoms with Crippen LogP contribution in [0.2, 0.25) is 0 Å². The van der Waals surface area contributed by atoms with E-state index in [0.717, 1.165) is 0 Å². The number of hydrogen-bond acceptors (Lipinski definition) is 14. The normalized spacial score (nSPS) is 45.8. The summed E-state index contributed by atoms with van der Waals surface area (Å²) in [5.41, 5.74) is 25.9. The maximum atomic E-state index is 11.0. The van der Waals surface area contributed by atoms with Crippen LogP contribution in [0, 0.1) is 7.11 Å². The average Bonchev–Trinajstić information content (AvgIpc) is 2.81. The van der Waals surface area contributed by atoms with Crippen molar-refractivity contribution in [2.75, 3.05) is 13.2 Å². The molecule has 39 heavy (non-hydrogen) atoms. The van der Waals surface area contributed by atoms with Crippen LogP contribution in [0.5, 0.6) is 0 Å². The van der Waals surface area contributed by atoms with E-state index in [9.17, 15) is 30.6 Å². The Bertz CT molecular complexity index is 662. The fourth-order valence-corrected chi connectivity index (χ4v) is 4.57. The molecule has 2 saturated heterocycles. The second kappa shape index (κ2) is 18.3. The Labute approximate surface area is 235 Å². The molecule has 3 rings (SSSR count). The molecule has 6 unspecified atom stereocenters. The molecule has 0 aromatic heterocycles. The van der Waals surface area contributed by atoms with Crippen LogP contribution in [0.15, 0.2) is 0 Å². The van der Waals surface area contributed by atoms with Gasteiger partial charge in [0.05, 0.1) is 12.7 Å². The summed E-state index contributed by atoms with van der Waals surface area (Å²) in [5.74, 6) is 0. The Balaban J connectivity index is -0.00000259. The molecule has 0 bridgehead atoms. The van der Waals surface area contributed by atoms with Gasteiger partial charge in [-0.2, -0.15) is 0 Å². The van der Waals surface area contributed by atoms with Crippen molar-refractivity contribution in [1.82, 2.24) is 0 Å². The van der Waals surface area contributed by atoms with Gasteiger partial charge in [0.2, 0.25) is 0 Å². The second-order valence-corrected chi connectivity index (χ2v) is 8.88. The fraction of sp³-hybridized carbons (Fsp3) is 0.947. The van der Waals surface area contributed by atoms with Gasteiger partial charge < -0.3 is 99.2 Å². The van der Waals surface area contributed by atoms with Crippen LogP contribution in [0.3, 0.4) is 0 Å². The van der Waals surface area contributed by atoms with Crippen molar-refractivity contribution >= 4 is 0 Å². The van der Waals surface area contributed by atoms with Gasteiger partial charge in [-0.15, -0.1) is 0 Å². The Hall–Kier alpha value is -0.241. The van der Waals surface area contributed by atoms with Crippen molar-refractivity contribution in [2.24, 2.45) is 17.2 Å². The van der Waals surface area contributed by atoms with E-state index in [1.807, 2.05) is 0 Å². The predicted molar refractivity (Wildman–Crippen MR) is 127 cm³/mol. The Kier molecular flexibility index (Phi) is 20.3. The molecule has 1 radical (unpaired) electrons. The second-order valence-electron chi connectivity index (χ2n) is 8.88. The summed E-state index contributed by atoms with van der Waals surface area (Å²) in [4.78, 5) is 0. The minimum atomic E-state index is -1.66. The fourth-order valence-electron chi connectivity index (χ4n) is 4.57. The van der Waals surface area contributed by atoms with Crippen LogP contribution in [-0.2, 0) is 40.8 Å². The van der Waals surface area contributed by atoms with Crippen molar-refractivity contribution in [1.29, 1.82) is 0 Å². The van der Waals surface area contributed by atoms with Gasteiger partial charge in [-0.1, -0.05) is 6.04 Å². The van der Waals surface area contributed by atoms with Crippen molar-refractivity contribution in [3.8, 4) is 0 Å². The molecule has 241 valence electrons. The van der Waals surface area contributed by atoms with Gasteiger partial charge in [0.15, 0.2) is 12.6 Å². The van der Waals surface area contributed by atoms with Crippen LogP contribution in [-0.4, -0.2) is 157 Å². The molecule has 0 aromatic carbocycles. The molecule has 21 N–H and O–H groups in total. The molecule has 0 amide bonds. The van der Waals surface area contributed by atoms with E-state index in [-0.39, 0.29) is 51.9 Å². The van der Waals surface area contributed by atoms with Gasteiger partial charge in [-0.25, -0.2) is 7.11 Å². The van der Waals surface area contributed by atoms with Gasteiger partial charge in [0.1, 0.15) is 48.8 Å². The zero-order valence-corrected chi connectivity index (χ0v) is 21.7. The first-order chi connectivity index (χ1) is 16.0. The monoisotopic (exact) mass is 631 g/mol. The van der Waals surface area contributed by atoms with Gasteiger partial charge in [-0.3, -0.25) is 0 Å². The molecule has 20 heteroatoms. The van der Waals surface area contributed by atoms with Crippen molar-refractivity contribution in [2.45, 2.75) is 98.2 Å². The first-order valence-corrected chi connectivity index (χ1v) is 11.0. The first kappa shape index (κ1) is 43.2. The zero-order valence-electron chi connectivity index (χ0n) is 20.7. The van der Waals surface area contributed by atoms with Crippen LogP contribution in [0.1, 0.15) is 6.42 Å². The molecular formula is C19H44CuN4O15.